The van der Waals surface area contributed by atoms with Gasteiger partial charge in [-0.1, -0.05) is 74.5 Å². The lowest BCUT2D eigenvalue weighted by molar-refractivity contribution is -0.145. The first-order valence-corrected chi connectivity index (χ1v) is 36.0. The third-order valence-electron chi connectivity index (χ3n) is 16.1. The smallest absolute Gasteiger partial charge is 0.328 e. The van der Waals surface area contributed by atoms with Gasteiger partial charge in [-0.2, -0.15) is 23.5 Å². The van der Waals surface area contributed by atoms with E-state index in [0.29, 0.717) is 11.1 Å². The molecule has 0 bridgehead atoms. The van der Waals surface area contributed by atoms with Crippen LogP contribution < -0.4 is 87.2 Å². The van der Waals surface area contributed by atoms with E-state index in [1.807, 2.05) is 0 Å². The van der Waals surface area contributed by atoms with E-state index in [1.165, 1.54) is 37.4 Å². The maximum absolute atomic E-state index is 14.7. The Kier molecular flexibility index (Phi) is 38.0. The molecule has 38 heteroatoms. The summed E-state index contributed by atoms with van der Waals surface area (Å²) in [7, 11) is 0. The van der Waals surface area contributed by atoms with E-state index in [0.717, 1.165) is 11.8 Å². The number of hydrogen-bond donors (Lipinski definition) is 19. The summed E-state index contributed by atoms with van der Waals surface area (Å²) in [6, 6.07) is -2.05. The van der Waals surface area contributed by atoms with Gasteiger partial charge in [0.15, 0.2) is 12.0 Å². The topological polar surface area (TPSA) is 595 Å². The zero-order valence-electron chi connectivity index (χ0n) is 58.6. The number of benzene rings is 2. The van der Waals surface area contributed by atoms with Crippen LogP contribution in [0.1, 0.15) is 97.1 Å². The van der Waals surface area contributed by atoms with Gasteiger partial charge >= 0.3 is 5.97 Å². The highest BCUT2D eigenvalue weighted by atomic mass is 32.2. The molecule has 570 valence electrons. The molecule has 0 saturated carbocycles. The number of nitrogens with zero attached hydrogens (tertiary/aromatic N) is 2. The normalized spacial score (nSPS) is 16.3. The van der Waals surface area contributed by atoms with Crippen molar-refractivity contribution >= 4 is 118 Å². The first kappa shape index (κ1) is 87.6. The molecule has 14 amide bonds. The first-order valence-electron chi connectivity index (χ1n) is 33.2. The number of carbonyl (C=O) groups excluding carboxylic acids is 14. The summed E-state index contributed by atoms with van der Waals surface area (Å²) < 4.78 is 0. The van der Waals surface area contributed by atoms with Crippen LogP contribution in [0.4, 0.5) is 0 Å². The molecule has 1 fully saturated rings. The van der Waals surface area contributed by atoms with Gasteiger partial charge in [-0.25, -0.2) is 4.79 Å². The van der Waals surface area contributed by atoms with Crippen molar-refractivity contribution in [1.29, 1.82) is 0 Å². The molecule has 14 atom stereocenters. The fraction of sp³-hybridized carbons (Fsp3) is 0.569. The second-order valence-corrected chi connectivity index (χ2v) is 26.9. The van der Waals surface area contributed by atoms with Crippen molar-refractivity contribution in [3.05, 3.63) is 71.8 Å². The minimum absolute atomic E-state index is 0.00699. The molecule has 24 N–H and O–H groups in total. The van der Waals surface area contributed by atoms with Crippen molar-refractivity contribution in [2.45, 2.75) is 183 Å². The number of aliphatic imine (C=N–C) groups is 1. The van der Waals surface area contributed by atoms with Crippen LogP contribution in [-0.2, 0) is 84.8 Å². The largest absolute Gasteiger partial charge is 0.480 e. The Morgan fingerprint density at radius 3 is 1.40 bits per heavy atom. The van der Waals surface area contributed by atoms with Crippen molar-refractivity contribution in [3.8, 4) is 0 Å². The molecule has 0 radical (unpaired) electrons. The Bertz CT molecular complexity index is 3280. The Morgan fingerprint density at radius 2 is 0.932 bits per heavy atom. The van der Waals surface area contributed by atoms with E-state index in [2.05, 4.69) is 63.5 Å². The van der Waals surface area contributed by atoms with Gasteiger partial charge < -0.3 is 107 Å². The zero-order chi connectivity index (χ0) is 77.2. The third-order valence-corrected chi connectivity index (χ3v) is 17.4. The summed E-state index contributed by atoms with van der Waals surface area (Å²) in [4.78, 5) is 208. The Hall–Kier alpha value is -9.66. The lowest BCUT2D eigenvalue weighted by Crippen LogP contribution is -2.62. The molecule has 2 aromatic rings. The number of likely N-dealkylation sites (tertiary alicyclic amines) is 1. The maximum atomic E-state index is 14.7. The van der Waals surface area contributed by atoms with Crippen LogP contribution in [0.2, 0.25) is 0 Å². The highest BCUT2D eigenvalue weighted by Gasteiger charge is 2.41. The molecule has 0 unspecified atom stereocenters. The lowest BCUT2D eigenvalue weighted by atomic mass is 10.0. The van der Waals surface area contributed by atoms with E-state index in [9.17, 15) is 87.2 Å². The number of nitrogens with one attached hydrogen (secondary N) is 11. The van der Waals surface area contributed by atoms with E-state index in [-0.39, 0.29) is 81.9 Å². The Labute approximate surface area is 604 Å². The van der Waals surface area contributed by atoms with E-state index in [1.54, 1.807) is 87.0 Å². The number of carboxylic acids is 1. The number of amides is 14. The fourth-order valence-electron chi connectivity index (χ4n) is 10.4. The fourth-order valence-corrected chi connectivity index (χ4v) is 11.4. The van der Waals surface area contributed by atoms with Gasteiger partial charge in [0, 0.05) is 25.9 Å². The van der Waals surface area contributed by atoms with Crippen molar-refractivity contribution in [3.63, 3.8) is 0 Å². The highest BCUT2D eigenvalue weighted by Crippen LogP contribution is 2.21. The van der Waals surface area contributed by atoms with Crippen molar-refractivity contribution in [2.24, 2.45) is 39.6 Å². The summed E-state index contributed by atoms with van der Waals surface area (Å²) in [6.45, 7) is 5.61. The number of aliphatic hydroxyl groups excluding tert-OH is 2. The monoisotopic (exact) mass is 1480 g/mol. The molecule has 2 aromatic carbocycles. The maximum Gasteiger partial charge on any atom is 0.328 e. The second-order valence-electron chi connectivity index (χ2n) is 24.9. The van der Waals surface area contributed by atoms with Crippen molar-refractivity contribution in [2.75, 3.05) is 43.7 Å². The highest BCUT2D eigenvalue weighted by molar-refractivity contribution is 7.98. The molecule has 1 saturated heterocycles. The zero-order valence-corrected chi connectivity index (χ0v) is 60.2. The summed E-state index contributed by atoms with van der Waals surface area (Å²) >= 11 is 2.59. The lowest BCUT2D eigenvalue weighted by Gasteiger charge is -2.30. The molecule has 36 nitrogen and oxygen atoms in total. The minimum atomic E-state index is -1.85. The van der Waals surface area contributed by atoms with Gasteiger partial charge in [0.05, 0.1) is 31.6 Å². The number of thioether (sulfide) groups is 2. The molecule has 103 heavy (non-hydrogen) atoms. The van der Waals surface area contributed by atoms with Crippen LogP contribution in [0.15, 0.2) is 65.7 Å². The number of aliphatic hydroxyl groups is 2. The summed E-state index contributed by atoms with van der Waals surface area (Å²) in [5, 5.41) is 57.0. The molecule has 1 heterocycles. The predicted molar refractivity (Wildman–Crippen MR) is 380 cm³/mol. The average Bonchev–Trinajstić information content (AvgIpc) is 0.913. The van der Waals surface area contributed by atoms with Gasteiger partial charge in [0.1, 0.15) is 66.5 Å². The number of carbonyl (C=O) groups is 15. The van der Waals surface area contributed by atoms with Crippen LogP contribution in [0.5, 0.6) is 0 Å². The van der Waals surface area contributed by atoms with Crippen LogP contribution >= 0.6 is 23.5 Å². The molecular weight excluding hydrogens is 1380 g/mol. The minimum Gasteiger partial charge on any atom is -0.480 e. The molecule has 0 aromatic heterocycles. The number of carboxylic acid groups (broad SMARTS) is 1. The van der Waals surface area contributed by atoms with Crippen LogP contribution in [0.25, 0.3) is 0 Å². The van der Waals surface area contributed by atoms with Crippen LogP contribution in [0, 0.1) is 5.92 Å². The Morgan fingerprint density at radius 1 is 0.515 bits per heavy atom. The van der Waals surface area contributed by atoms with E-state index < -0.39 is 199 Å². The van der Waals surface area contributed by atoms with E-state index in [4.69, 9.17) is 28.7 Å². The number of primary amides is 2. The summed E-state index contributed by atoms with van der Waals surface area (Å²) in [6.07, 6.45) is 0.524. The van der Waals surface area contributed by atoms with Crippen LogP contribution in [-0.4, -0.2) is 243 Å². The number of nitrogens with two attached hydrogens (primary N) is 5. The predicted octanol–water partition coefficient (Wildman–Crippen LogP) is -6.41. The Balaban J connectivity index is 1.86. The third kappa shape index (κ3) is 30.4. The molecule has 0 spiro atoms. The first-order chi connectivity index (χ1) is 48.6. The quantitative estimate of drug-likeness (QED) is 0.0167. The molecule has 3 rings (SSSR count). The van der Waals surface area contributed by atoms with Crippen LogP contribution in [0.3, 0.4) is 0 Å². The molecule has 0 aliphatic carbocycles. The van der Waals surface area contributed by atoms with Gasteiger partial charge in [-0.3, -0.25) is 72.1 Å². The average molecular weight is 1490 g/mol. The standard InChI is InChI=1S/C65H100N18O18S2/c1-33(2)50(62(98)76-41(22-26-102-6)56(92)80-46(32-84)60(96)79-45(31-49(68)87)63(99)83-25-15-21-47(83)61(97)73-34(3)52(88)72-35(4)53(89)82-51(36(5)85)64(100)101)81-57(93)42(23-27-103-7)75-55(91)40(20-14-24-71-65(69)70)74-58(94)44(29-38-18-12-9-13-19-38)78-59(95)43(28-37-16-10-8-11-17-37)77-54(90)39(66)30-48(67)86/h8-13,16-19,33-36,39-47,50-51,84-85H,14-15,20-32,66H2,1-7H3,(H2,67,86)(H2,68,87)(H,72,88)(H,73,97)(H,74,94)(H,75,91)(H,76,98)(H,77,90)(H,78,95)(H,79,96)(H,80,92)(H,81,93)(H,82,89)(H,100,101)(H4,69,70,71)/t34-,35-,36+,39-,40-,41-,42-,43-,44-,45-,46-,47-,50-,51-/m0/s1. The van der Waals surface area contributed by atoms with Gasteiger partial charge in [-0.15, -0.1) is 0 Å². The number of rotatable bonds is 45. The number of aliphatic carboxylic acids is 1. The summed E-state index contributed by atoms with van der Waals surface area (Å²) in [5.41, 5.74) is 29.1. The molecular formula is C65H100N18O18S2. The van der Waals surface area contributed by atoms with Gasteiger partial charge in [0.25, 0.3) is 0 Å². The molecule has 1 aliphatic heterocycles. The number of guanidine groups is 1. The van der Waals surface area contributed by atoms with Crippen molar-refractivity contribution in [1.82, 2.24) is 63.4 Å². The number of hydrogen-bond acceptors (Lipinski definition) is 21. The second kappa shape index (κ2) is 44.7. The van der Waals surface area contributed by atoms with Gasteiger partial charge in [0.2, 0.25) is 82.7 Å². The van der Waals surface area contributed by atoms with E-state index >= 15 is 0 Å². The van der Waals surface area contributed by atoms with Crippen molar-refractivity contribution < 1.29 is 87.2 Å². The summed E-state index contributed by atoms with van der Waals surface area (Å²) in [5.74, 6) is -15.0. The SMILES string of the molecule is CSCC[C@H](NC(=O)[C@H](CCCN=C(N)N)NC(=O)[C@H](Cc1ccccc1)NC(=O)[C@H](Cc1ccccc1)NC(=O)[C@@H](N)CC(N)=O)C(=O)N[C@H](C(=O)N[C@@H](CCSC)C(=O)N[C@@H](CO)C(=O)N[C@@H](CC(N)=O)C(=O)N1CCC[C@H]1C(=O)N[C@@H](C)C(=O)N[C@@H](C)C(=O)N[C@H](C(=O)O)[C@@H](C)O)C(C)C. The molecule has 1 aliphatic rings. The van der Waals surface area contributed by atoms with Gasteiger partial charge in [-0.05, 0) is 100 Å².